The number of carbonyl (C=O) groups excluding carboxylic acids is 2. The predicted molar refractivity (Wildman–Crippen MR) is 443 cm³/mol. The molecule has 9 rings (SSSR count). The molecule has 0 amide bonds. The maximum atomic E-state index is 15.8. The van der Waals surface area contributed by atoms with E-state index in [1.54, 1.807) is 6.08 Å². The first-order chi connectivity index (χ1) is 56.1. The Kier molecular flexibility index (Phi) is 43.0. The predicted octanol–water partition coefficient (Wildman–Crippen LogP) is 20.8. The van der Waals surface area contributed by atoms with Crippen molar-refractivity contribution < 1.29 is 84.9 Å². The molecular weight excluding hydrogens is 1460 g/mol. The Morgan fingerprint density at radius 1 is 0.386 bits per heavy atom. The number of benzene rings is 7. The summed E-state index contributed by atoms with van der Waals surface area (Å²) < 4.78 is 113. The maximum absolute atomic E-state index is 15.8. The summed E-state index contributed by atoms with van der Waals surface area (Å²) >= 11 is 0. The van der Waals surface area contributed by atoms with Crippen LogP contribution in [0.5, 0.6) is 0 Å². The van der Waals surface area contributed by atoms with E-state index >= 15 is 4.57 Å². The molecule has 0 spiro atoms. The van der Waals surface area contributed by atoms with Gasteiger partial charge in [0.2, 0.25) is 0 Å². The fraction of sp³-hybridized carbons (Fsp3) is 0.516. The van der Waals surface area contributed by atoms with E-state index in [2.05, 4.69) is 20.4 Å². The van der Waals surface area contributed by atoms with Crippen molar-refractivity contribution in [3.05, 3.63) is 264 Å². The first-order valence-corrected chi connectivity index (χ1v) is 43.6. The summed E-state index contributed by atoms with van der Waals surface area (Å²) in [6.45, 7) is 7.74. The summed E-state index contributed by atoms with van der Waals surface area (Å²) in [6.07, 6.45) is 11.0. The van der Waals surface area contributed by atoms with Crippen LogP contribution in [-0.4, -0.2) is 117 Å². The van der Waals surface area contributed by atoms with Crippen molar-refractivity contribution >= 4 is 19.8 Å². The van der Waals surface area contributed by atoms with E-state index in [0.29, 0.717) is 12.8 Å². The number of ether oxygens (including phenoxy) is 12. The highest BCUT2D eigenvalue weighted by molar-refractivity contribution is 7.47. The van der Waals surface area contributed by atoms with Crippen LogP contribution in [0.25, 0.3) is 0 Å². The monoisotopic (exact) mass is 1590 g/mol. The standard InChI is InChI=1S/C95H127O18P/c1-4-7-9-11-13-15-17-19-21-23-46-62-84(96)102-72-82(110-85(97)63-47-24-22-20-18-16-14-12-10-8-5-2)73-109-114(98,99)113-93-91(101-64-6-3)89(106-69-79-56-40-29-41-57-79)88(105-68-78-54-38-28-39-55-78)90(107-70-80-58-42-30-43-59-80)92(93)112-95-94(108-71-81-60-44-31-45-61-81)87(104-67-77-52-36-27-37-53-77)86(103-66-76-50-34-26-35-51-76)83(111-95)74-100-65-75-48-32-25-33-49-75/h6,25-45,48-61,82-83,86-95H,3-5,7-24,46-47,62-74H2,1-2H3,(H,98,99)/t82-,83-,86-,87+,88+,89+,90-,91-,92-,93+,94+,95-/m1/s1. The second-order valence-corrected chi connectivity index (χ2v) is 31.4. The summed E-state index contributed by atoms with van der Waals surface area (Å²) in [5.41, 5.74) is 5.94. The molecule has 1 aliphatic heterocycles. The fourth-order valence-electron chi connectivity index (χ4n) is 14.5. The highest BCUT2D eigenvalue weighted by Gasteiger charge is 2.60. The van der Waals surface area contributed by atoms with Crippen LogP contribution < -0.4 is 0 Å². The fourth-order valence-corrected chi connectivity index (χ4v) is 15.5. The van der Waals surface area contributed by atoms with E-state index < -0.39 is 106 Å². The van der Waals surface area contributed by atoms with Crippen LogP contribution in [0.2, 0.25) is 0 Å². The molecule has 13 atom stereocenters. The molecule has 1 saturated carbocycles. The van der Waals surface area contributed by atoms with Crippen molar-refractivity contribution in [3.63, 3.8) is 0 Å². The van der Waals surface area contributed by atoms with Gasteiger partial charge >= 0.3 is 19.8 Å². The van der Waals surface area contributed by atoms with E-state index in [1.807, 2.05) is 212 Å². The molecule has 2 aliphatic rings. The summed E-state index contributed by atoms with van der Waals surface area (Å²) in [5.74, 6) is -1.05. The molecule has 620 valence electrons. The van der Waals surface area contributed by atoms with Crippen LogP contribution in [0.4, 0.5) is 0 Å². The quantitative estimate of drug-likeness (QED) is 0.0163. The highest BCUT2D eigenvalue weighted by Crippen LogP contribution is 2.50. The molecule has 1 unspecified atom stereocenters. The number of hydrogen-bond donors (Lipinski definition) is 1. The minimum Gasteiger partial charge on any atom is -0.462 e. The van der Waals surface area contributed by atoms with Gasteiger partial charge in [-0.25, -0.2) is 4.57 Å². The minimum atomic E-state index is -5.48. The Balaban J connectivity index is 1.10. The Labute approximate surface area is 679 Å². The third-order valence-electron chi connectivity index (χ3n) is 20.7. The van der Waals surface area contributed by atoms with E-state index in [9.17, 15) is 14.5 Å². The lowest BCUT2D eigenvalue weighted by Gasteiger charge is -2.52. The first kappa shape index (κ1) is 90.8. The molecule has 0 bridgehead atoms. The summed E-state index contributed by atoms with van der Waals surface area (Å²) in [5, 5.41) is 0. The Morgan fingerprint density at radius 2 is 0.702 bits per heavy atom. The average molecular weight is 1590 g/mol. The lowest BCUT2D eigenvalue weighted by atomic mass is 9.83. The van der Waals surface area contributed by atoms with E-state index in [4.69, 9.17) is 65.9 Å². The summed E-state index contributed by atoms with van der Waals surface area (Å²) in [4.78, 5) is 40.4. The van der Waals surface area contributed by atoms with Crippen molar-refractivity contribution in [2.45, 2.75) is 288 Å². The zero-order valence-corrected chi connectivity index (χ0v) is 68.4. The van der Waals surface area contributed by atoms with Crippen LogP contribution in [0, 0.1) is 0 Å². The van der Waals surface area contributed by atoms with Gasteiger partial charge in [-0.3, -0.25) is 18.6 Å². The van der Waals surface area contributed by atoms with E-state index in [1.165, 1.54) is 77.0 Å². The molecule has 1 saturated heterocycles. The average Bonchev–Trinajstić information content (AvgIpc) is 0.752. The van der Waals surface area contributed by atoms with Crippen molar-refractivity contribution in [3.8, 4) is 0 Å². The molecule has 114 heavy (non-hydrogen) atoms. The molecule has 0 radical (unpaired) electrons. The van der Waals surface area contributed by atoms with Gasteiger partial charge in [0.15, 0.2) is 12.4 Å². The van der Waals surface area contributed by atoms with Gasteiger partial charge in [-0.05, 0) is 51.8 Å². The molecule has 1 N–H and O–H groups in total. The van der Waals surface area contributed by atoms with Crippen molar-refractivity contribution in [1.82, 2.24) is 0 Å². The van der Waals surface area contributed by atoms with Gasteiger partial charge in [-0.1, -0.05) is 361 Å². The first-order valence-electron chi connectivity index (χ1n) is 42.1. The summed E-state index contributed by atoms with van der Waals surface area (Å²) in [6, 6.07) is 68.1. The Bertz CT molecular complexity index is 3680. The Morgan fingerprint density at radius 3 is 1.08 bits per heavy atom. The zero-order valence-electron chi connectivity index (χ0n) is 67.5. The highest BCUT2D eigenvalue weighted by atomic mass is 31.2. The van der Waals surface area contributed by atoms with Crippen molar-refractivity contribution in [1.29, 1.82) is 0 Å². The number of phosphoric acid groups is 1. The van der Waals surface area contributed by atoms with Gasteiger partial charge in [-0.15, -0.1) is 6.58 Å². The second-order valence-electron chi connectivity index (χ2n) is 30.0. The van der Waals surface area contributed by atoms with Gasteiger partial charge in [0.25, 0.3) is 0 Å². The minimum absolute atomic E-state index is 0.0163. The van der Waals surface area contributed by atoms with Gasteiger partial charge in [0, 0.05) is 12.8 Å². The molecule has 7 aromatic carbocycles. The van der Waals surface area contributed by atoms with E-state index in [0.717, 1.165) is 90.3 Å². The molecule has 1 aliphatic carbocycles. The molecule has 7 aromatic rings. The van der Waals surface area contributed by atoms with Crippen LogP contribution in [0.3, 0.4) is 0 Å². The topological polar surface area (TPSA) is 201 Å². The Hall–Kier alpha value is -7.07. The molecule has 19 heteroatoms. The van der Waals surface area contributed by atoms with Crippen molar-refractivity contribution in [2.24, 2.45) is 0 Å². The van der Waals surface area contributed by atoms with E-state index in [-0.39, 0.29) is 72.3 Å². The van der Waals surface area contributed by atoms with Gasteiger partial charge in [0.1, 0.15) is 67.6 Å². The molecule has 0 aromatic heterocycles. The second kappa shape index (κ2) is 54.0. The number of hydrogen-bond acceptors (Lipinski definition) is 17. The van der Waals surface area contributed by atoms with Gasteiger partial charge < -0.3 is 61.7 Å². The summed E-state index contributed by atoms with van der Waals surface area (Å²) in [7, 11) is -5.48. The zero-order chi connectivity index (χ0) is 79.7. The number of carbonyl (C=O) groups is 2. The number of unbranched alkanes of at least 4 members (excludes halogenated alkanes) is 20. The third-order valence-corrected chi connectivity index (χ3v) is 21.7. The van der Waals surface area contributed by atoms with Gasteiger partial charge in [-0.2, -0.15) is 0 Å². The molecular formula is C95H127O18P. The smallest absolute Gasteiger partial charge is 0.462 e. The van der Waals surface area contributed by atoms with Crippen LogP contribution in [0.1, 0.15) is 207 Å². The molecule has 18 nitrogen and oxygen atoms in total. The molecule has 2 fully saturated rings. The van der Waals surface area contributed by atoms with Crippen molar-refractivity contribution in [2.75, 3.05) is 26.4 Å². The van der Waals surface area contributed by atoms with Gasteiger partial charge in [0.05, 0.1) is 66.1 Å². The van der Waals surface area contributed by atoms with Crippen LogP contribution >= 0.6 is 7.82 Å². The largest absolute Gasteiger partial charge is 0.472 e. The number of rotatable bonds is 59. The SMILES string of the molecule is C=CCO[C@@H]1[C@@H](OCc2ccccc2)[C@H](OCc2ccccc2)[C@@H](OCc2ccccc2)[C@@H](O[C@H]2O[C@H](COCc3ccccc3)[C@@H](OCc3ccccc3)[C@H](OCc3ccccc3)[C@@H]2OCc2ccccc2)[C@H]1OP(=O)(O)OC[C@@H](COC(=O)CCCCCCCCCCCCC)OC(=O)CCCCCCCCCCCCC. The van der Waals surface area contributed by atoms with Crippen LogP contribution in [0.15, 0.2) is 225 Å². The maximum Gasteiger partial charge on any atom is 0.472 e. The van der Waals surface area contributed by atoms with Crippen LogP contribution in [-0.2, 0) is 126 Å². The third kappa shape index (κ3) is 33.9. The number of esters is 2. The number of phosphoric ester groups is 1. The lowest BCUT2D eigenvalue weighted by molar-refractivity contribution is -0.361. The lowest BCUT2D eigenvalue weighted by Crippen LogP contribution is -2.69. The normalized spacial score (nSPS) is 21.0. The molecule has 1 heterocycles.